The molecule has 18 heavy (non-hydrogen) atoms. The van der Waals surface area contributed by atoms with Crippen molar-refractivity contribution in [3.8, 4) is 0 Å². The van der Waals surface area contributed by atoms with Crippen molar-refractivity contribution in [1.82, 2.24) is 4.31 Å². The minimum atomic E-state index is 0.873. The lowest BCUT2D eigenvalue weighted by Crippen LogP contribution is -2.21. The Morgan fingerprint density at radius 1 is 1.28 bits per heavy atom. The molecule has 1 aromatic rings. The smallest absolute Gasteiger partial charge is 0.0485 e. The topological polar surface area (TPSA) is 3.24 Å². The quantitative estimate of drug-likeness (QED) is 0.697. The van der Waals surface area contributed by atoms with Gasteiger partial charge < -0.3 is 4.31 Å². The van der Waals surface area contributed by atoms with Crippen molar-refractivity contribution < 1.29 is 0 Å². The molecule has 1 fully saturated rings. The molecule has 0 atom stereocenters. The Labute approximate surface area is 114 Å². The van der Waals surface area contributed by atoms with Gasteiger partial charge in [0, 0.05) is 22.7 Å². The van der Waals surface area contributed by atoms with Crippen LogP contribution < -0.4 is 0 Å². The lowest BCUT2D eigenvalue weighted by Gasteiger charge is -2.27. The number of aryl methyl sites for hydroxylation is 1. The monoisotopic (exact) mass is 259 g/mol. The van der Waals surface area contributed by atoms with Gasteiger partial charge in [0.15, 0.2) is 0 Å². The van der Waals surface area contributed by atoms with E-state index in [0.717, 1.165) is 5.92 Å². The van der Waals surface area contributed by atoms with E-state index in [1.165, 1.54) is 60.4 Å². The second-order valence-corrected chi connectivity index (χ2v) is 6.59. The van der Waals surface area contributed by atoms with Gasteiger partial charge in [-0.05, 0) is 43.2 Å². The highest BCUT2D eigenvalue weighted by Gasteiger charge is 2.27. The largest absolute Gasteiger partial charge is 0.312 e. The molecule has 0 saturated heterocycles. The van der Waals surface area contributed by atoms with Gasteiger partial charge in [0.25, 0.3) is 0 Å². The van der Waals surface area contributed by atoms with E-state index in [-0.39, 0.29) is 0 Å². The molecule has 0 amide bonds. The lowest BCUT2D eigenvalue weighted by atomic mass is 9.89. The number of fused-ring (bicyclic) bond motifs is 1. The lowest BCUT2D eigenvalue weighted by molar-refractivity contribution is 0.326. The summed E-state index contributed by atoms with van der Waals surface area (Å²) in [5.74, 6) is 0.873. The molecule has 2 heteroatoms. The van der Waals surface area contributed by atoms with Crippen molar-refractivity contribution in [2.24, 2.45) is 5.92 Å². The molecule has 1 aliphatic carbocycles. The van der Waals surface area contributed by atoms with Crippen LogP contribution in [0.3, 0.4) is 0 Å². The molecule has 1 aliphatic heterocycles. The second-order valence-electron chi connectivity index (χ2n) is 5.55. The SMILES string of the molecule is C=C1c2cccc(C)c2SN1CC1CCCCC1. The number of benzene rings is 1. The summed E-state index contributed by atoms with van der Waals surface area (Å²) in [4.78, 5) is 1.42. The molecule has 0 unspecified atom stereocenters. The predicted octanol–water partition coefficient (Wildman–Crippen LogP) is 4.87. The Bertz CT molecular complexity index is 460. The standard InChI is InChI=1S/C16H21NS/c1-12-7-6-10-15-13(2)17(18-16(12)15)11-14-8-4-3-5-9-14/h6-7,10,14H,2-5,8-9,11H2,1H3. The molecular formula is C16H21NS. The molecule has 1 heterocycles. The van der Waals surface area contributed by atoms with Crippen LogP contribution in [-0.2, 0) is 0 Å². The zero-order chi connectivity index (χ0) is 12.5. The van der Waals surface area contributed by atoms with Gasteiger partial charge >= 0.3 is 0 Å². The average Bonchev–Trinajstić information content (AvgIpc) is 2.70. The first kappa shape index (κ1) is 12.2. The Morgan fingerprint density at radius 2 is 2.06 bits per heavy atom. The zero-order valence-electron chi connectivity index (χ0n) is 11.1. The molecule has 2 aliphatic rings. The fraction of sp³-hybridized carbons (Fsp3) is 0.500. The Kier molecular flexibility index (Phi) is 3.38. The van der Waals surface area contributed by atoms with Gasteiger partial charge in [-0.2, -0.15) is 0 Å². The van der Waals surface area contributed by atoms with Gasteiger partial charge in [-0.1, -0.05) is 44.0 Å². The van der Waals surface area contributed by atoms with Gasteiger partial charge in [-0.25, -0.2) is 0 Å². The minimum absolute atomic E-state index is 0.873. The Hall–Kier alpha value is -0.890. The fourth-order valence-corrected chi connectivity index (χ4v) is 4.26. The van der Waals surface area contributed by atoms with E-state index in [2.05, 4.69) is 36.0 Å². The summed E-state index contributed by atoms with van der Waals surface area (Å²) in [6.45, 7) is 7.66. The summed E-state index contributed by atoms with van der Waals surface area (Å²) in [5.41, 5.74) is 3.94. The highest BCUT2D eigenvalue weighted by atomic mass is 32.2. The van der Waals surface area contributed by atoms with Crippen molar-refractivity contribution in [3.05, 3.63) is 35.9 Å². The molecule has 96 valence electrons. The normalized spacial score (nSPS) is 20.3. The highest BCUT2D eigenvalue weighted by Crippen LogP contribution is 2.45. The Morgan fingerprint density at radius 3 is 2.78 bits per heavy atom. The van der Waals surface area contributed by atoms with E-state index >= 15 is 0 Å². The first-order chi connectivity index (χ1) is 8.75. The molecule has 0 bridgehead atoms. The molecule has 1 aromatic carbocycles. The van der Waals surface area contributed by atoms with Gasteiger partial charge in [0.2, 0.25) is 0 Å². The summed E-state index contributed by atoms with van der Waals surface area (Å²) in [6.07, 6.45) is 7.08. The second kappa shape index (κ2) is 5.00. The molecule has 0 aromatic heterocycles. The van der Waals surface area contributed by atoms with E-state index in [9.17, 15) is 0 Å². The summed E-state index contributed by atoms with van der Waals surface area (Å²) >= 11 is 1.90. The molecule has 1 nitrogen and oxygen atoms in total. The molecule has 3 rings (SSSR count). The van der Waals surface area contributed by atoms with Crippen LogP contribution in [0.25, 0.3) is 5.70 Å². The van der Waals surface area contributed by atoms with Crippen LogP contribution in [0.1, 0.15) is 43.2 Å². The summed E-state index contributed by atoms with van der Waals surface area (Å²) in [6, 6.07) is 6.55. The maximum Gasteiger partial charge on any atom is 0.0485 e. The van der Waals surface area contributed by atoms with Gasteiger partial charge in [0.05, 0.1) is 0 Å². The summed E-state index contributed by atoms with van der Waals surface area (Å²) in [5, 5.41) is 0. The highest BCUT2D eigenvalue weighted by molar-refractivity contribution is 7.97. The molecule has 0 N–H and O–H groups in total. The van der Waals surface area contributed by atoms with Crippen molar-refractivity contribution in [2.75, 3.05) is 6.54 Å². The third-order valence-corrected chi connectivity index (χ3v) is 5.49. The molecule has 0 spiro atoms. The fourth-order valence-electron chi connectivity index (χ4n) is 3.05. The molecule has 1 saturated carbocycles. The van der Waals surface area contributed by atoms with Crippen LogP contribution in [0.5, 0.6) is 0 Å². The minimum Gasteiger partial charge on any atom is -0.312 e. The average molecular weight is 259 g/mol. The third-order valence-electron chi connectivity index (χ3n) is 4.17. The van der Waals surface area contributed by atoms with Crippen molar-refractivity contribution in [1.29, 1.82) is 0 Å². The van der Waals surface area contributed by atoms with Gasteiger partial charge in [-0.3, -0.25) is 0 Å². The van der Waals surface area contributed by atoms with E-state index in [1.54, 1.807) is 0 Å². The van der Waals surface area contributed by atoms with Crippen LogP contribution >= 0.6 is 11.9 Å². The summed E-state index contributed by atoms with van der Waals surface area (Å²) in [7, 11) is 0. The molecule has 0 radical (unpaired) electrons. The third kappa shape index (κ3) is 2.18. The van der Waals surface area contributed by atoms with Crippen molar-refractivity contribution in [2.45, 2.75) is 43.9 Å². The number of rotatable bonds is 2. The maximum atomic E-state index is 4.29. The number of hydrogen-bond acceptors (Lipinski definition) is 2. The number of nitrogens with zero attached hydrogens (tertiary/aromatic N) is 1. The number of hydrogen-bond donors (Lipinski definition) is 0. The predicted molar refractivity (Wildman–Crippen MR) is 79.4 cm³/mol. The summed E-state index contributed by atoms with van der Waals surface area (Å²) < 4.78 is 2.42. The zero-order valence-corrected chi connectivity index (χ0v) is 11.9. The van der Waals surface area contributed by atoms with Crippen molar-refractivity contribution in [3.63, 3.8) is 0 Å². The molecular weight excluding hydrogens is 238 g/mol. The first-order valence-corrected chi connectivity index (χ1v) is 7.77. The first-order valence-electron chi connectivity index (χ1n) is 7.00. The van der Waals surface area contributed by atoms with Gasteiger partial charge in [0.1, 0.15) is 0 Å². The van der Waals surface area contributed by atoms with E-state index in [0.29, 0.717) is 0 Å². The van der Waals surface area contributed by atoms with Crippen LogP contribution in [0, 0.1) is 12.8 Å². The van der Waals surface area contributed by atoms with E-state index < -0.39 is 0 Å². The van der Waals surface area contributed by atoms with Crippen molar-refractivity contribution >= 4 is 17.6 Å². The van der Waals surface area contributed by atoms with Gasteiger partial charge in [-0.15, -0.1) is 0 Å². The van der Waals surface area contributed by atoms with Crippen LogP contribution in [0.2, 0.25) is 0 Å². The van der Waals surface area contributed by atoms with E-state index in [4.69, 9.17) is 0 Å². The van der Waals surface area contributed by atoms with E-state index in [1.807, 2.05) is 11.9 Å². The Balaban J connectivity index is 1.73. The maximum absolute atomic E-state index is 4.29. The van der Waals surface area contributed by atoms with Crippen LogP contribution in [0.4, 0.5) is 0 Å². The van der Waals surface area contributed by atoms with Crippen LogP contribution in [0.15, 0.2) is 29.7 Å². The van der Waals surface area contributed by atoms with Crippen LogP contribution in [-0.4, -0.2) is 10.8 Å².